The molecule has 4 rings (SSSR count). The van der Waals surface area contributed by atoms with Crippen LogP contribution in [-0.2, 0) is 0 Å². The monoisotopic (exact) mass is 347 g/mol. The molecule has 0 spiro atoms. The minimum atomic E-state index is -0.961. The average Bonchev–Trinajstić information content (AvgIpc) is 3.12. The van der Waals surface area contributed by atoms with Crippen molar-refractivity contribution in [3.63, 3.8) is 0 Å². The van der Waals surface area contributed by atoms with Crippen LogP contribution in [0, 0.1) is 0 Å². The number of hydrogen-bond acceptors (Lipinski definition) is 5. The molecule has 0 atom stereocenters. The van der Waals surface area contributed by atoms with E-state index in [1.807, 2.05) is 34.7 Å². The zero-order valence-electron chi connectivity index (χ0n) is 13.9. The minimum Gasteiger partial charge on any atom is -0.478 e. The molecule has 0 unspecified atom stereocenters. The van der Waals surface area contributed by atoms with E-state index in [2.05, 4.69) is 15.3 Å². The summed E-state index contributed by atoms with van der Waals surface area (Å²) in [4.78, 5) is 20.5. The number of nitrogens with zero attached hydrogens (tertiary/aromatic N) is 3. The fourth-order valence-electron chi connectivity index (χ4n) is 3.01. The Morgan fingerprint density at radius 2 is 2.04 bits per heavy atom. The number of carbonyl (C=O) groups is 1. The molecule has 130 valence electrons. The molecule has 0 aliphatic heterocycles. The van der Waals surface area contributed by atoms with Gasteiger partial charge in [-0.05, 0) is 24.3 Å². The lowest BCUT2D eigenvalue weighted by molar-refractivity contribution is 0.0697. The second-order valence-corrected chi connectivity index (χ2v) is 5.85. The van der Waals surface area contributed by atoms with Gasteiger partial charge < -0.3 is 16.2 Å². The number of fused-ring (bicyclic) bond motifs is 3. The molecule has 26 heavy (non-hydrogen) atoms. The number of aromatic nitrogens is 3. The standard InChI is InChI=1S/C19H17N5O2/c20-8-9-21-17-18-22-11-16(12-4-3-5-13(10-12)19(25)26)24(18)15-7-2-1-6-14(15)23-17/h1-7,10-11H,8-9,20H2,(H,21,23)(H,25,26). The fraction of sp³-hybridized carbons (Fsp3) is 0.105. The number of para-hydroxylation sites is 2. The predicted molar refractivity (Wildman–Crippen MR) is 100 cm³/mol. The van der Waals surface area contributed by atoms with Crippen LogP contribution in [0.25, 0.3) is 27.9 Å². The smallest absolute Gasteiger partial charge is 0.335 e. The van der Waals surface area contributed by atoms with Gasteiger partial charge in [0.25, 0.3) is 0 Å². The van der Waals surface area contributed by atoms with Crippen molar-refractivity contribution in [1.29, 1.82) is 0 Å². The van der Waals surface area contributed by atoms with Gasteiger partial charge in [0, 0.05) is 18.7 Å². The van der Waals surface area contributed by atoms with Gasteiger partial charge in [-0.15, -0.1) is 0 Å². The van der Waals surface area contributed by atoms with Crippen LogP contribution in [0.3, 0.4) is 0 Å². The first-order valence-electron chi connectivity index (χ1n) is 8.23. The molecular formula is C19H17N5O2. The second kappa shape index (κ2) is 6.45. The van der Waals surface area contributed by atoms with Crippen LogP contribution in [0.15, 0.2) is 54.7 Å². The predicted octanol–water partition coefficient (Wildman–Crippen LogP) is 2.62. The molecule has 4 aromatic rings. The summed E-state index contributed by atoms with van der Waals surface area (Å²) in [6.07, 6.45) is 1.73. The van der Waals surface area contributed by atoms with Crippen molar-refractivity contribution >= 4 is 28.5 Å². The Balaban J connectivity index is 2.01. The maximum atomic E-state index is 11.3. The Hall–Kier alpha value is -3.45. The first-order chi connectivity index (χ1) is 12.7. The summed E-state index contributed by atoms with van der Waals surface area (Å²) in [5, 5.41) is 12.5. The molecule has 7 heteroatoms. The van der Waals surface area contributed by atoms with Crippen LogP contribution in [0.2, 0.25) is 0 Å². The Labute approximate surface area is 149 Å². The average molecular weight is 347 g/mol. The van der Waals surface area contributed by atoms with E-state index in [0.29, 0.717) is 24.6 Å². The number of hydrogen-bond donors (Lipinski definition) is 3. The molecule has 0 aliphatic carbocycles. The van der Waals surface area contributed by atoms with Crippen LogP contribution in [0.1, 0.15) is 10.4 Å². The highest BCUT2D eigenvalue weighted by molar-refractivity contribution is 5.90. The molecule has 0 fully saturated rings. The first kappa shape index (κ1) is 16.0. The molecule has 2 heterocycles. The number of rotatable bonds is 5. The van der Waals surface area contributed by atoms with Crippen LogP contribution in [0.4, 0.5) is 5.82 Å². The Morgan fingerprint density at radius 1 is 1.19 bits per heavy atom. The number of nitrogens with one attached hydrogen (secondary N) is 1. The van der Waals surface area contributed by atoms with Gasteiger partial charge in [0.2, 0.25) is 0 Å². The summed E-state index contributed by atoms with van der Waals surface area (Å²) < 4.78 is 1.99. The number of benzene rings is 2. The summed E-state index contributed by atoms with van der Waals surface area (Å²) in [6, 6.07) is 14.6. The van der Waals surface area contributed by atoms with Gasteiger partial charge in [0.05, 0.1) is 28.5 Å². The summed E-state index contributed by atoms with van der Waals surface area (Å²) in [5.41, 5.74) is 9.80. The lowest BCUT2D eigenvalue weighted by Gasteiger charge is -2.11. The molecule has 0 amide bonds. The van der Waals surface area contributed by atoms with E-state index in [4.69, 9.17) is 5.73 Å². The maximum absolute atomic E-state index is 11.3. The topological polar surface area (TPSA) is 106 Å². The second-order valence-electron chi connectivity index (χ2n) is 5.85. The van der Waals surface area contributed by atoms with E-state index < -0.39 is 5.97 Å². The summed E-state index contributed by atoms with van der Waals surface area (Å²) >= 11 is 0. The van der Waals surface area contributed by atoms with E-state index in [9.17, 15) is 9.90 Å². The quantitative estimate of drug-likeness (QED) is 0.512. The summed E-state index contributed by atoms with van der Waals surface area (Å²) in [7, 11) is 0. The van der Waals surface area contributed by atoms with E-state index in [0.717, 1.165) is 22.3 Å². The number of carboxylic acids is 1. The lowest BCUT2D eigenvalue weighted by atomic mass is 10.1. The van der Waals surface area contributed by atoms with Crippen molar-refractivity contribution < 1.29 is 9.90 Å². The van der Waals surface area contributed by atoms with Crippen molar-refractivity contribution in [2.24, 2.45) is 5.73 Å². The molecule has 0 radical (unpaired) electrons. The van der Waals surface area contributed by atoms with Crippen LogP contribution < -0.4 is 11.1 Å². The van der Waals surface area contributed by atoms with Crippen molar-refractivity contribution in [3.05, 3.63) is 60.3 Å². The van der Waals surface area contributed by atoms with Crippen molar-refractivity contribution in [2.75, 3.05) is 18.4 Å². The van der Waals surface area contributed by atoms with E-state index >= 15 is 0 Å². The minimum absolute atomic E-state index is 0.234. The van der Waals surface area contributed by atoms with Gasteiger partial charge in [-0.25, -0.2) is 14.8 Å². The normalized spacial score (nSPS) is 11.1. The SMILES string of the molecule is NCCNc1nc2ccccc2n2c(-c3cccc(C(=O)O)c3)cnc12. The summed E-state index contributed by atoms with van der Waals surface area (Å²) in [5.74, 6) is -0.313. The van der Waals surface area contributed by atoms with E-state index in [1.54, 1.807) is 24.4 Å². The van der Waals surface area contributed by atoms with Crippen LogP contribution in [0.5, 0.6) is 0 Å². The van der Waals surface area contributed by atoms with Crippen LogP contribution in [-0.4, -0.2) is 38.5 Å². The highest BCUT2D eigenvalue weighted by atomic mass is 16.4. The zero-order valence-corrected chi connectivity index (χ0v) is 13.9. The third kappa shape index (κ3) is 2.64. The Morgan fingerprint density at radius 3 is 2.85 bits per heavy atom. The molecule has 0 saturated carbocycles. The maximum Gasteiger partial charge on any atom is 0.335 e. The van der Waals surface area contributed by atoms with Gasteiger partial charge in [0.15, 0.2) is 11.5 Å². The largest absolute Gasteiger partial charge is 0.478 e. The van der Waals surface area contributed by atoms with E-state index in [-0.39, 0.29) is 5.56 Å². The lowest BCUT2D eigenvalue weighted by Crippen LogP contribution is -2.15. The molecule has 0 aliphatic rings. The van der Waals surface area contributed by atoms with Crippen molar-refractivity contribution in [2.45, 2.75) is 0 Å². The van der Waals surface area contributed by atoms with Gasteiger partial charge in [-0.3, -0.25) is 4.40 Å². The van der Waals surface area contributed by atoms with Gasteiger partial charge in [0.1, 0.15) is 0 Å². The number of aromatic carboxylic acids is 1. The molecule has 0 bridgehead atoms. The zero-order chi connectivity index (χ0) is 18.1. The number of anilines is 1. The van der Waals surface area contributed by atoms with Gasteiger partial charge >= 0.3 is 5.97 Å². The first-order valence-corrected chi connectivity index (χ1v) is 8.23. The third-order valence-electron chi connectivity index (χ3n) is 4.17. The summed E-state index contributed by atoms with van der Waals surface area (Å²) in [6.45, 7) is 1.06. The molecule has 7 nitrogen and oxygen atoms in total. The highest BCUT2D eigenvalue weighted by Gasteiger charge is 2.15. The van der Waals surface area contributed by atoms with E-state index in [1.165, 1.54) is 0 Å². The number of nitrogens with two attached hydrogens (primary N) is 1. The number of imidazole rings is 1. The van der Waals surface area contributed by atoms with Gasteiger partial charge in [-0.2, -0.15) is 0 Å². The van der Waals surface area contributed by atoms with Crippen molar-refractivity contribution in [3.8, 4) is 11.3 Å². The fourth-order valence-corrected chi connectivity index (χ4v) is 3.01. The molecule has 2 aromatic carbocycles. The number of carboxylic acid groups (broad SMARTS) is 1. The molecule has 4 N–H and O–H groups in total. The van der Waals surface area contributed by atoms with Crippen molar-refractivity contribution in [1.82, 2.24) is 14.4 Å². The Kier molecular flexibility index (Phi) is 3.98. The van der Waals surface area contributed by atoms with Gasteiger partial charge in [-0.1, -0.05) is 24.3 Å². The molecule has 0 saturated heterocycles. The highest BCUT2D eigenvalue weighted by Crippen LogP contribution is 2.28. The molecular weight excluding hydrogens is 330 g/mol. The Bertz CT molecular complexity index is 1120. The van der Waals surface area contributed by atoms with Crippen LogP contribution >= 0.6 is 0 Å². The molecule has 2 aromatic heterocycles. The third-order valence-corrected chi connectivity index (χ3v) is 4.17.